The van der Waals surface area contributed by atoms with Crippen molar-refractivity contribution in [2.24, 2.45) is 5.16 Å². The summed E-state index contributed by atoms with van der Waals surface area (Å²) >= 11 is 0. The number of hydrogen-bond acceptors (Lipinski definition) is 7. The van der Waals surface area contributed by atoms with Crippen molar-refractivity contribution in [3.05, 3.63) is 65.0 Å². The lowest BCUT2D eigenvalue weighted by atomic mass is 10.1. The summed E-state index contributed by atoms with van der Waals surface area (Å²) in [5.41, 5.74) is 6.01. The number of oxime groups is 1. The van der Waals surface area contributed by atoms with Crippen LogP contribution in [-0.4, -0.2) is 39.4 Å². The second kappa shape index (κ2) is 9.91. The highest BCUT2D eigenvalue weighted by Gasteiger charge is 2.07. The van der Waals surface area contributed by atoms with Gasteiger partial charge >= 0.3 is 0 Å². The molecule has 7 heteroatoms. The highest BCUT2D eigenvalue weighted by molar-refractivity contribution is 5.94. The van der Waals surface area contributed by atoms with Gasteiger partial charge in [-0.2, -0.15) is 0 Å². The fraction of sp³-hybridized carbons (Fsp3) is 0.348. The molecule has 0 radical (unpaired) electrons. The molecule has 0 saturated carbocycles. The van der Waals surface area contributed by atoms with Crippen molar-refractivity contribution in [2.45, 2.75) is 40.5 Å². The van der Waals surface area contributed by atoms with E-state index < -0.39 is 0 Å². The van der Waals surface area contributed by atoms with Crippen molar-refractivity contribution in [1.82, 2.24) is 19.9 Å². The maximum absolute atomic E-state index is 5.46. The number of nitrogens with zero attached hydrogens (tertiary/aromatic N) is 5. The quantitative estimate of drug-likeness (QED) is 0.317. The monoisotopic (exact) mass is 405 g/mol. The number of aryl methyl sites for hydroxylation is 4. The van der Waals surface area contributed by atoms with Crippen LogP contribution in [0.3, 0.4) is 0 Å². The molecule has 3 rings (SSSR count). The summed E-state index contributed by atoms with van der Waals surface area (Å²) in [5.74, 6) is 1.38. The molecule has 0 amide bonds. The van der Waals surface area contributed by atoms with Gasteiger partial charge in [0.15, 0.2) is 5.82 Å². The number of ether oxygens (including phenoxy) is 1. The summed E-state index contributed by atoms with van der Waals surface area (Å²) in [6.07, 6.45) is 1.58. The van der Waals surface area contributed by atoms with Crippen LogP contribution in [0.4, 0.5) is 0 Å². The molecule has 0 aliphatic carbocycles. The molecule has 3 aromatic heterocycles. The SMILES string of the molecule is COc1cc(C)nc(-c2cccc(CCCO/N=C(\C)c3nc(C)cc(C)n3)n2)c1. The van der Waals surface area contributed by atoms with Gasteiger partial charge in [0.05, 0.1) is 18.5 Å². The Bertz CT molecular complexity index is 1030. The molecule has 3 heterocycles. The molecule has 0 saturated heterocycles. The molecule has 0 N–H and O–H groups in total. The van der Waals surface area contributed by atoms with Crippen LogP contribution in [-0.2, 0) is 11.3 Å². The van der Waals surface area contributed by atoms with E-state index >= 15 is 0 Å². The molecule has 0 aromatic carbocycles. The standard InChI is InChI=1S/C23H27N5O2/c1-15-12-16(2)26-23(25-15)18(4)28-30-11-7-9-19-8-6-10-21(27-19)22-14-20(29-5)13-17(3)24-22/h6,8,10,12-14H,7,9,11H2,1-5H3/b28-18+. The molecular formula is C23H27N5O2. The Kier molecular flexibility index (Phi) is 7.06. The maximum Gasteiger partial charge on any atom is 0.177 e. The number of aromatic nitrogens is 4. The minimum absolute atomic E-state index is 0.491. The van der Waals surface area contributed by atoms with E-state index in [2.05, 4.69) is 20.1 Å². The van der Waals surface area contributed by atoms with Gasteiger partial charge in [0.1, 0.15) is 18.1 Å². The van der Waals surface area contributed by atoms with Gasteiger partial charge < -0.3 is 9.57 Å². The molecular weight excluding hydrogens is 378 g/mol. The minimum atomic E-state index is 0.491. The fourth-order valence-corrected chi connectivity index (χ4v) is 3.04. The van der Waals surface area contributed by atoms with Crippen LogP contribution in [0.25, 0.3) is 11.4 Å². The molecule has 0 fully saturated rings. The Hall–Kier alpha value is -3.35. The van der Waals surface area contributed by atoms with Gasteiger partial charge in [-0.3, -0.25) is 9.97 Å². The predicted molar refractivity (Wildman–Crippen MR) is 117 cm³/mol. The van der Waals surface area contributed by atoms with E-state index in [1.54, 1.807) is 7.11 Å². The summed E-state index contributed by atoms with van der Waals surface area (Å²) in [4.78, 5) is 23.5. The average molecular weight is 406 g/mol. The first-order valence-corrected chi connectivity index (χ1v) is 9.93. The average Bonchev–Trinajstić information content (AvgIpc) is 2.72. The Morgan fingerprint density at radius 1 is 0.900 bits per heavy atom. The van der Waals surface area contributed by atoms with Crippen molar-refractivity contribution in [2.75, 3.05) is 13.7 Å². The summed E-state index contributed by atoms with van der Waals surface area (Å²) in [7, 11) is 1.65. The van der Waals surface area contributed by atoms with Crippen molar-refractivity contribution < 1.29 is 9.57 Å². The van der Waals surface area contributed by atoms with E-state index in [1.165, 1.54) is 0 Å². The smallest absolute Gasteiger partial charge is 0.177 e. The number of rotatable bonds is 8. The zero-order valence-corrected chi connectivity index (χ0v) is 18.1. The zero-order chi connectivity index (χ0) is 21.5. The van der Waals surface area contributed by atoms with Crippen molar-refractivity contribution in [3.8, 4) is 17.1 Å². The zero-order valence-electron chi connectivity index (χ0n) is 18.1. The number of hydrogen-bond donors (Lipinski definition) is 0. The molecule has 0 aliphatic heterocycles. The topological polar surface area (TPSA) is 82.4 Å². The first-order chi connectivity index (χ1) is 14.4. The largest absolute Gasteiger partial charge is 0.497 e. The Balaban J connectivity index is 1.57. The number of pyridine rings is 2. The Labute approximate surface area is 177 Å². The molecule has 0 unspecified atom stereocenters. The Morgan fingerprint density at radius 3 is 2.37 bits per heavy atom. The third-order valence-electron chi connectivity index (χ3n) is 4.41. The second-order valence-electron chi connectivity index (χ2n) is 7.14. The lowest BCUT2D eigenvalue weighted by Crippen LogP contribution is -2.06. The minimum Gasteiger partial charge on any atom is -0.497 e. The van der Waals surface area contributed by atoms with Gasteiger partial charge in [0.25, 0.3) is 0 Å². The van der Waals surface area contributed by atoms with E-state index in [4.69, 9.17) is 14.6 Å². The third kappa shape index (κ3) is 5.83. The maximum atomic E-state index is 5.46. The molecule has 30 heavy (non-hydrogen) atoms. The Morgan fingerprint density at radius 2 is 1.63 bits per heavy atom. The normalized spacial score (nSPS) is 11.4. The molecule has 7 nitrogen and oxygen atoms in total. The number of methoxy groups -OCH3 is 1. The van der Waals surface area contributed by atoms with Crippen LogP contribution >= 0.6 is 0 Å². The van der Waals surface area contributed by atoms with E-state index in [0.29, 0.717) is 18.1 Å². The molecule has 156 valence electrons. The highest BCUT2D eigenvalue weighted by atomic mass is 16.6. The third-order valence-corrected chi connectivity index (χ3v) is 4.41. The van der Waals surface area contributed by atoms with E-state index in [9.17, 15) is 0 Å². The van der Waals surface area contributed by atoms with Crippen molar-refractivity contribution >= 4 is 5.71 Å². The van der Waals surface area contributed by atoms with Crippen LogP contribution in [0.2, 0.25) is 0 Å². The van der Waals surface area contributed by atoms with Crippen molar-refractivity contribution in [1.29, 1.82) is 0 Å². The van der Waals surface area contributed by atoms with Crippen LogP contribution in [0.5, 0.6) is 5.75 Å². The first kappa shape index (κ1) is 21.4. The van der Waals surface area contributed by atoms with Gasteiger partial charge in [-0.1, -0.05) is 11.2 Å². The van der Waals surface area contributed by atoms with Crippen LogP contribution in [0.1, 0.15) is 41.9 Å². The van der Waals surface area contributed by atoms with Crippen LogP contribution in [0.15, 0.2) is 41.6 Å². The summed E-state index contributed by atoms with van der Waals surface area (Å²) in [6.45, 7) is 8.16. The molecule has 3 aromatic rings. The van der Waals surface area contributed by atoms with Crippen LogP contribution < -0.4 is 4.74 Å². The molecule has 0 atom stereocenters. The molecule has 0 aliphatic rings. The van der Waals surface area contributed by atoms with Crippen molar-refractivity contribution in [3.63, 3.8) is 0 Å². The summed E-state index contributed by atoms with van der Waals surface area (Å²) in [6, 6.07) is 11.7. The van der Waals surface area contributed by atoms with E-state index in [0.717, 1.165) is 52.8 Å². The summed E-state index contributed by atoms with van der Waals surface area (Å²) in [5, 5.41) is 4.15. The second-order valence-corrected chi connectivity index (χ2v) is 7.14. The lowest BCUT2D eigenvalue weighted by Gasteiger charge is -2.07. The summed E-state index contributed by atoms with van der Waals surface area (Å²) < 4.78 is 5.34. The van der Waals surface area contributed by atoms with Gasteiger partial charge in [0, 0.05) is 34.9 Å². The predicted octanol–water partition coefficient (Wildman–Crippen LogP) is 4.24. The molecule has 0 spiro atoms. The van der Waals surface area contributed by atoms with Crippen LogP contribution in [0, 0.1) is 20.8 Å². The molecule has 0 bridgehead atoms. The van der Waals surface area contributed by atoms with Gasteiger partial charge in [0.2, 0.25) is 0 Å². The first-order valence-electron chi connectivity index (χ1n) is 9.93. The lowest BCUT2D eigenvalue weighted by molar-refractivity contribution is 0.141. The van der Waals surface area contributed by atoms with Gasteiger partial charge in [-0.15, -0.1) is 0 Å². The van der Waals surface area contributed by atoms with Gasteiger partial charge in [-0.05, 0) is 58.7 Å². The fourth-order valence-electron chi connectivity index (χ4n) is 3.04. The highest BCUT2D eigenvalue weighted by Crippen LogP contribution is 2.22. The van der Waals surface area contributed by atoms with E-state index in [-0.39, 0.29) is 0 Å². The van der Waals surface area contributed by atoms with E-state index in [1.807, 2.05) is 64.1 Å². The van der Waals surface area contributed by atoms with Gasteiger partial charge in [-0.25, -0.2) is 9.97 Å².